The monoisotopic (exact) mass is 401 g/mol. The van der Waals surface area contributed by atoms with Gasteiger partial charge in [0, 0.05) is 6.54 Å². The summed E-state index contributed by atoms with van der Waals surface area (Å²) in [6.07, 6.45) is 0. The Bertz CT molecular complexity index is 588. The van der Waals surface area contributed by atoms with Gasteiger partial charge in [-0.15, -0.1) is 0 Å². The first kappa shape index (κ1) is 15.3. The summed E-state index contributed by atoms with van der Waals surface area (Å²) in [5, 5.41) is 8.85. The van der Waals surface area contributed by atoms with Gasteiger partial charge in [0.05, 0.1) is 16.6 Å². The van der Waals surface area contributed by atoms with E-state index in [1.807, 2.05) is 25.2 Å². The largest absolute Gasteiger partial charge is 0.478 e. The number of rotatable bonds is 5. The van der Waals surface area contributed by atoms with Gasteiger partial charge < -0.3 is 9.52 Å². The summed E-state index contributed by atoms with van der Waals surface area (Å²) in [6.45, 7) is 1.39. The van der Waals surface area contributed by atoms with Gasteiger partial charge in [-0.2, -0.15) is 0 Å². The third-order valence-electron chi connectivity index (χ3n) is 2.78. The summed E-state index contributed by atoms with van der Waals surface area (Å²) in [6, 6.07) is 8.81. The Hall–Kier alpha value is -1.11. The van der Waals surface area contributed by atoms with Crippen LogP contribution in [0, 0.1) is 0 Å². The van der Waals surface area contributed by atoms with E-state index in [1.165, 1.54) is 0 Å². The zero-order chi connectivity index (χ0) is 14.7. The average Bonchev–Trinajstić information content (AvgIpc) is 2.68. The number of hydrogen-bond donors (Lipinski definition) is 1. The fraction of sp³-hybridized carbons (Fsp3) is 0.214. The van der Waals surface area contributed by atoms with E-state index in [9.17, 15) is 4.79 Å². The number of carboxylic acids is 1. The Morgan fingerprint density at radius 2 is 1.90 bits per heavy atom. The first-order valence-electron chi connectivity index (χ1n) is 5.90. The Morgan fingerprint density at radius 1 is 1.25 bits per heavy atom. The maximum atomic E-state index is 10.8. The molecule has 4 nitrogen and oxygen atoms in total. The van der Waals surface area contributed by atoms with Crippen LogP contribution in [0.1, 0.15) is 21.7 Å². The average molecular weight is 403 g/mol. The van der Waals surface area contributed by atoms with Crippen LogP contribution in [0.15, 0.2) is 43.9 Å². The van der Waals surface area contributed by atoms with Crippen LogP contribution >= 0.6 is 31.9 Å². The molecule has 0 aliphatic rings. The Balaban J connectivity index is 1.97. The molecule has 1 aromatic heterocycles. The van der Waals surface area contributed by atoms with Gasteiger partial charge in [-0.05, 0) is 62.7 Å². The summed E-state index contributed by atoms with van der Waals surface area (Å²) in [4.78, 5) is 12.9. The van der Waals surface area contributed by atoms with Crippen molar-refractivity contribution in [2.24, 2.45) is 0 Å². The van der Waals surface area contributed by atoms with Gasteiger partial charge >= 0.3 is 5.97 Å². The van der Waals surface area contributed by atoms with Crippen LogP contribution in [0.5, 0.6) is 0 Å². The molecule has 0 saturated carbocycles. The number of carbonyl (C=O) groups is 1. The number of furan rings is 1. The summed E-state index contributed by atoms with van der Waals surface area (Å²) < 4.78 is 7.11. The van der Waals surface area contributed by atoms with Crippen LogP contribution in [-0.2, 0) is 13.1 Å². The Kier molecular flexibility index (Phi) is 5.01. The van der Waals surface area contributed by atoms with Crippen molar-refractivity contribution in [2.45, 2.75) is 13.1 Å². The molecule has 106 valence electrons. The summed E-state index contributed by atoms with van der Waals surface area (Å²) in [7, 11) is 1.98. The van der Waals surface area contributed by atoms with E-state index < -0.39 is 5.97 Å². The Labute approximate surface area is 133 Å². The lowest BCUT2D eigenvalue weighted by Crippen LogP contribution is -2.16. The minimum Gasteiger partial charge on any atom is -0.478 e. The molecule has 0 radical (unpaired) electrons. The van der Waals surface area contributed by atoms with Crippen molar-refractivity contribution < 1.29 is 14.3 Å². The second kappa shape index (κ2) is 6.56. The fourth-order valence-corrected chi connectivity index (χ4v) is 2.51. The SMILES string of the molecule is CN(Cc1ccc(C(=O)O)cc1)Cc1cc(Br)c(Br)o1. The number of aromatic carboxylic acids is 1. The van der Waals surface area contributed by atoms with Gasteiger partial charge in [0.15, 0.2) is 4.67 Å². The Morgan fingerprint density at radius 3 is 2.40 bits per heavy atom. The van der Waals surface area contributed by atoms with Crippen LogP contribution in [-0.4, -0.2) is 23.0 Å². The standard InChI is InChI=1S/C14H13Br2NO3/c1-17(8-11-6-12(15)13(16)20-11)7-9-2-4-10(5-3-9)14(18)19/h2-6H,7-8H2,1H3,(H,18,19). The molecule has 0 spiro atoms. The molecule has 1 N–H and O–H groups in total. The number of halogens is 2. The number of carboxylic acid groups (broad SMARTS) is 1. The van der Waals surface area contributed by atoms with Crippen molar-refractivity contribution >= 4 is 37.8 Å². The van der Waals surface area contributed by atoms with E-state index in [2.05, 4.69) is 36.8 Å². The highest BCUT2D eigenvalue weighted by Gasteiger charge is 2.09. The molecule has 0 aliphatic heterocycles. The minimum atomic E-state index is -0.907. The molecule has 0 amide bonds. The van der Waals surface area contributed by atoms with Crippen molar-refractivity contribution in [3.05, 3.63) is 56.4 Å². The molecule has 2 rings (SSSR count). The smallest absolute Gasteiger partial charge is 0.335 e. The maximum absolute atomic E-state index is 10.8. The molecule has 20 heavy (non-hydrogen) atoms. The van der Waals surface area contributed by atoms with Gasteiger partial charge in [0.1, 0.15) is 5.76 Å². The lowest BCUT2D eigenvalue weighted by Gasteiger charge is -2.15. The summed E-state index contributed by atoms with van der Waals surface area (Å²) in [5.74, 6) is -0.0522. The van der Waals surface area contributed by atoms with Gasteiger partial charge in [-0.25, -0.2) is 4.79 Å². The van der Waals surface area contributed by atoms with E-state index in [4.69, 9.17) is 9.52 Å². The van der Waals surface area contributed by atoms with Gasteiger partial charge in [0.2, 0.25) is 0 Å². The highest BCUT2D eigenvalue weighted by Crippen LogP contribution is 2.27. The van der Waals surface area contributed by atoms with E-state index >= 15 is 0 Å². The van der Waals surface area contributed by atoms with Crippen molar-refractivity contribution in [2.75, 3.05) is 7.05 Å². The first-order valence-corrected chi connectivity index (χ1v) is 7.49. The second-order valence-electron chi connectivity index (χ2n) is 4.51. The molecule has 0 unspecified atom stereocenters. The highest BCUT2D eigenvalue weighted by molar-refractivity contribution is 9.13. The zero-order valence-electron chi connectivity index (χ0n) is 10.8. The predicted octanol–water partition coefficient (Wildman–Crippen LogP) is 4.13. The molecule has 0 saturated heterocycles. The van der Waals surface area contributed by atoms with E-state index in [-0.39, 0.29) is 0 Å². The van der Waals surface area contributed by atoms with E-state index in [1.54, 1.807) is 12.1 Å². The molecule has 0 aliphatic carbocycles. The third-order valence-corrected chi connectivity index (χ3v) is 4.49. The maximum Gasteiger partial charge on any atom is 0.335 e. The van der Waals surface area contributed by atoms with Crippen LogP contribution in [0.4, 0.5) is 0 Å². The second-order valence-corrected chi connectivity index (χ2v) is 6.08. The van der Waals surface area contributed by atoms with Gasteiger partial charge in [-0.3, -0.25) is 4.90 Å². The molecule has 0 fully saturated rings. The molecule has 2 aromatic rings. The molecule has 1 heterocycles. The molecule has 0 atom stereocenters. The molecule has 0 bridgehead atoms. The normalized spacial score (nSPS) is 11.0. The number of nitrogens with zero attached hydrogens (tertiary/aromatic N) is 1. The molecular weight excluding hydrogens is 390 g/mol. The molecule has 1 aromatic carbocycles. The lowest BCUT2D eigenvalue weighted by molar-refractivity contribution is 0.0697. The van der Waals surface area contributed by atoms with Crippen LogP contribution in [0.25, 0.3) is 0 Å². The van der Waals surface area contributed by atoms with Crippen molar-refractivity contribution in [3.63, 3.8) is 0 Å². The van der Waals surface area contributed by atoms with Gasteiger partial charge in [0.25, 0.3) is 0 Å². The third kappa shape index (κ3) is 3.94. The van der Waals surface area contributed by atoms with Gasteiger partial charge in [-0.1, -0.05) is 12.1 Å². The topological polar surface area (TPSA) is 53.7 Å². The van der Waals surface area contributed by atoms with Crippen molar-refractivity contribution in [1.82, 2.24) is 4.90 Å². The first-order chi connectivity index (χ1) is 9.45. The van der Waals surface area contributed by atoms with Crippen LogP contribution in [0.2, 0.25) is 0 Å². The highest BCUT2D eigenvalue weighted by atomic mass is 79.9. The quantitative estimate of drug-likeness (QED) is 0.816. The predicted molar refractivity (Wildman–Crippen MR) is 82.7 cm³/mol. The van der Waals surface area contributed by atoms with E-state index in [0.29, 0.717) is 16.8 Å². The number of benzene rings is 1. The summed E-state index contributed by atoms with van der Waals surface area (Å²) >= 11 is 6.69. The van der Waals surface area contributed by atoms with Crippen LogP contribution in [0.3, 0.4) is 0 Å². The summed E-state index contributed by atoms with van der Waals surface area (Å²) in [5.41, 5.74) is 1.36. The fourth-order valence-electron chi connectivity index (χ4n) is 1.86. The molecular formula is C14H13Br2NO3. The lowest BCUT2D eigenvalue weighted by atomic mass is 10.1. The van der Waals surface area contributed by atoms with Crippen molar-refractivity contribution in [3.8, 4) is 0 Å². The number of hydrogen-bond acceptors (Lipinski definition) is 3. The minimum absolute atomic E-state index is 0.301. The zero-order valence-corrected chi connectivity index (χ0v) is 13.9. The van der Waals surface area contributed by atoms with Crippen molar-refractivity contribution in [1.29, 1.82) is 0 Å². The molecule has 6 heteroatoms. The van der Waals surface area contributed by atoms with Crippen LogP contribution < -0.4 is 0 Å². The van der Waals surface area contributed by atoms with E-state index in [0.717, 1.165) is 22.3 Å².